The Kier molecular flexibility index (Phi) is 4.42. The van der Waals surface area contributed by atoms with Gasteiger partial charge in [-0.05, 0) is 36.2 Å². The minimum Gasteiger partial charge on any atom is -0.486 e. The molecule has 0 saturated heterocycles. The van der Waals surface area contributed by atoms with Crippen LogP contribution in [0.15, 0.2) is 36.4 Å². The van der Waals surface area contributed by atoms with Gasteiger partial charge in [0.25, 0.3) is 0 Å². The van der Waals surface area contributed by atoms with E-state index in [4.69, 9.17) is 32.7 Å². The van der Waals surface area contributed by atoms with Crippen molar-refractivity contribution in [2.75, 3.05) is 13.2 Å². The first-order valence-electron chi connectivity index (χ1n) is 6.91. The van der Waals surface area contributed by atoms with Crippen LogP contribution in [-0.2, 0) is 6.42 Å². The van der Waals surface area contributed by atoms with E-state index in [9.17, 15) is 5.26 Å². The van der Waals surface area contributed by atoms with Crippen LogP contribution in [0, 0.1) is 11.3 Å². The van der Waals surface area contributed by atoms with E-state index in [0.717, 1.165) is 11.3 Å². The van der Waals surface area contributed by atoms with Crippen molar-refractivity contribution in [1.82, 2.24) is 0 Å². The molecule has 1 unspecified atom stereocenters. The zero-order valence-corrected chi connectivity index (χ0v) is 13.2. The van der Waals surface area contributed by atoms with E-state index in [-0.39, 0.29) is 0 Å². The normalized spacial score (nSPS) is 14.2. The largest absolute Gasteiger partial charge is 0.486 e. The van der Waals surface area contributed by atoms with Gasteiger partial charge in [0.1, 0.15) is 13.2 Å². The van der Waals surface area contributed by atoms with Gasteiger partial charge in [-0.3, -0.25) is 0 Å². The third kappa shape index (κ3) is 2.99. The fourth-order valence-electron chi connectivity index (χ4n) is 2.51. The second-order valence-electron chi connectivity index (χ2n) is 5.00. The third-order valence-corrected chi connectivity index (χ3v) is 4.21. The maximum atomic E-state index is 9.50. The van der Waals surface area contributed by atoms with Crippen molar-refractivity contribution in [3.63, 3.8) is 0 Å². The summed E-state index contributed by atoms with van der Waals surface area (Å²) < 4.78 is 11.1. The summed E-state index contributed by atoms with van der Waals surface area (Å²) in [6.45, 7) is 1.09. The van der Waals surface area contributed by atoms with Crippen LogP contribution >= 0.6 is 23.2 Å². The summed E-state index contributed by atoms with van der Waals surface area (Å²) in [6.07, 6.45) is 0.511. The van der Waals surface area contributed by atoms with Gasteiger partial charge in [-0.15, -0.1) is 0 Å². The monoisotopic (exact) mass is 333 g/mol. The average molecular weight is 334 g/mol. The molecule has 5 heteroatoms. The Balaban J connectivity index is 1.89. The lowest BCUT2D eigenvalue weighted by atomic mass is 9.93. The average Bonchev–Trinajstić information content (AvgIpc) is 2.53. The maximum Gasteiger partial charge on any atom is 0.161 e. The summed E-state index contributed by atoms with van der Waals surface area (Å²) in [4.78, 5) is 0. The molecular formula is C17H13Cl2NO2. The lowest BCUT2D eigenvalue weighted by Crippen LogP contribution is -2.15. The highest BCUT2D eigenvalue weighted by Gasteiger charge is 2.20. The van der Waals surface area contributed by atoms with E-state index in [0.29, 0.717) is 41.0 Å². The van der Waals surface area contributed by atoms with E-state index in [1.54, 1.807) is 18.2 Å². The van der Waals surface area contributed by atoms with Crippen LogP contribution in [0.25, 0.3) is 0 Å². The number of nitriles is 1. The van der Waals surface area contributed by atoms with Crippen LogP contribution in [0.5, 0.6) is 11.5 Å². The van der Waals surface area contributed by atoms with Gasteiger partial charge in [0.15, 0.2) is 11.5 Å². The number of ether oxygens (including phenoxy) is 2. The molecule has 3 rings (SSSR count). The highest BCUT2D eigenvalue weighted by Crippen LogP contribution is 2.36. The second kappa shape index (κ2) is 6.48. The fraction of sp³-hybridized carbons (Fsp3) is 0.235. The quantitative estimate of drug-likeness (QED) is 0.823. The van der Waals surface area contributed by atoms with Crippen molar-refractivity contribution in [2.24, 2.45) is 0 Å². The Hall–Kier alpha value is -1.89. The molecule has 0 amide bonds. The number of hydrogen-bond acceptors (Lipinski definition) is 3. The molecule has 0 bridgehead atoms. The molecule has 0 saturated carbocycles. The van der Waals surface area contributed by atoms with E-state index < -0.39 is 5.92 Å². The van der Waals surface area contributed by atoms with Crippen molar-refractivity contribution in [3.8, 4) is 17.6 Å². The van der Waals surface area contributed by atoms with Gasteiger partial charge in [0.2, 0.25) is 0 Å². The fourth-order valence-corrected chi connectivity index (χ4v) is 3.17. The SMILES string of the molecule is N#CC(Cc1ccc2c(c1)OCCO2)c1c(Cl)cccc1Cl. The molecule has 2 aromatic carbocycles. The van der Waals surface area contributed by atoms with E-state index in [1.807, 2.05) is 18.2 Å². The van der Waals surface area contributed by atoms with Crippen LogP contribution in [0.1, 0.15) is 17.0 Å². The standard InChI is InChI=1S/C17H13Cl2NO2/c18-13-2-1-3-14(19)17(13)12(10-20)8-11-4-5-15-16(9-11)22-7-6-21-15/h1-5,9,12H,6-8H2. The lowest BCUT2D eigenvalue weighted by molar-refractivity contribution is 0.171. The second-order valence-corrected chi connectivity index (χ2v) is 5.81. The molecule has 0 radical (unpaired) electrons. The minimum absolute atomic E-state index is 0.413. The summed E-state index contributed by atoms with van der Waals surface area (Å²) in [6, 6.07) is 13.3. The smallest absolute Gasteiger partial charge is 0.161 e. The van der Waals surface area contributed by atoms with Gasteiger partial charge < -0.3 is 9.47 Å². The first-order valence-corrected chi connectivity index (χ1v) is 7.66. The molecular weight excluding hydrogens is 321 g/mol. The van der Waals surface area contributed by atoms with Gasteiger partial charge in [0.05, 0.1) is 12.0 Å². The molecule has 0 N–H and O–H groups in total. The number of rotatable bonds is 3. The lowest BCUT2D eigenvalue weighted by Gasteiger charge is -2.19. The Labute approximate surface area is 139 Å². The highest BCUT2D eigenvalue weighted by molar-refractivity contribution is 6.36. The van der Waals surface area contributed by atoms with Gasteiger partial charge in [-0.1, -0.05) is 35.3 Å². The molecule has 1 atom stereocenters. The Morgan fingerprint density at radius 2 is 1.73 bits per heavy atom. The van der Waals surface area contributed by atoms with Crippen LogP contribution in [0.3, 0.4) is 0 Å². The van der Waals surface area contributed by atoms with Crippen molar-refractivity contribution in [2.45, 2.75) is 12.3 Å². The molecule has 1 aliphatic rings. The predicted octanol–water partition coefficient (Wildman–Crippen LogP) is 4.61. The van der Waals surface area contributed by atoms with Gasteiger partial charge in [-0.25, -0.2) is 0 Å². The van der Waals surface area contributed by atoms with Gasteiger partial charge in [-0.2, -0.15) is 5.26 Å². The minimum atomic E-state index is -0.413. The zero-order chi connectivity index (χ0) is 15.5. The maximum absolute atomic E-state index is 9.50. The number of halogens is 2. The van der Waals surface area contributed by atoms with Crippen LogP contribution < -0.4 is 9.47 Å². The highest BCUT2D eigenvalue weighted by atomic mass is 35.5. The number of hydrogen-bond donors (Lipinski definition) is 0. The Bertz CT molecular complexity index is 720. The van der Waals surface area contributed by atoms with Crippen molar-refractivity contribution in [1.29, 1.82) is 5.26 Å². The Morgan fingerprint density at radius 1 is 1.05 bits per heavy atom. The molecule has 0 spiro atoms. The van der Waals surface area contributed by atoms with E-state index in [1.165, 1.54) is 0 Å². The first-order chi connectivity index (χ1) is 10.7. The number of benzene rings is 2. The number of nitrogens with zero attached hydrogens (tertiary/aromatic N) is 1. The zero-order valence-electron chi connectivity index (χ0n) is 11.7. The summed E-state index contributed by atoms with van der Waals surface area (Å²) in [5, 5.41) is 10.5. The summed E-state index contributed by atoms with van der Waals surface area (Å²) in [7, 11) is 0. The molecule has 2 aromatic rings. The van der Waals surface area contributed by atoms with Crippen molar-refractivity contribution < 1.29 is 9.47 Å². The van der Waals surface area contributed by atoms with Gasteiger partial charge >= 0.3 is 0 Å². The molecule has 0 aromatic heterocycles. The van der Waals surface area contributed by atoms with Crippen molar-refractivity contribution in [3.05, 3.63) is 57.6 Å². The van der Waals surface area contributed by atoms with Crippen molar-refractivity contribution >= 4 is 23.2 Å². The molecule has 3 nitrogen and oxygen atoms in total. The molecule has 1 heterocycles. The number of fused-ring (bicyclic) bond motifs is 1. The predicted molar refractivity (Wildman–Crippen MR) is 86.0 cm³/mol. The third-order valence-electron chi connectivity index (χ3n) is 3.55. The topological polar surface area (TPSA) is 42.2 Å². The van der Waals surface area contributed by atoms with E-state index >= 15 is 0 Å². The first kappa shape index (κ1) is 15.0. The van der Waals surface area contributed by atoms with E-state index in [2.05, 4.69) is 6.07 Å². The van der Waals surface area contributed by atoms with Crippen LogP contribution in [-0.4, -0.2) is 13.2 Å². The molecule has 0 aliphatic carbocycles. The summed E-state index contributed by atoms with van der Waals surface area (Å²) in [5.74, 6) is 1.04. The summed E-state index contributed by atoms with van der Waals surface area (Å²) >= 11 is 12.4. The molecule has 0 fully saturated rings. The van der Waals surface area contributed by atoms with Gasteiger partial charge in [0, 0.05) is 15.6 Å². The molecule has 112 valence electrons. The van der Waals surface area contributed by atoms with Crippen LogP contribution in [0.4, 0.5) is 0 Å². The summed E-state index contributed by atoms with van der Waals surface area (Å²) in [5.41, 5.74) is 1.65. The van der Waals surface area contributed by atoms with Crippen LogP contribution in [0.2, 0.25) is 10.0 Å². The molecule has 1 aliphatic heterocycles. The Morgan fingerprint density at radius 3 is 2.41 bits per heavy atom. The molecule has 22 heavy (non-hydrogen) atoms.